The minimum Gasteiger partial charge on any atom is -0.493 e. The van der Waals surface area contributed by atoms with Crippen LogP contribution in [0.5, 0.6) is 5.75 Å². The lowest BCUT2D eigenvalue weighted by Crippen LogP contribution is -2.05. The molecule has 0 saturated heterocycles. The van der Waals surface area contributed by atoms with E-state index in [1.807, 2.05) is 43.6 Å². The molecule has 0 aliphatic heterocycles. The minimum atomic E-state index is 0.0684. The Morgan fingerprint density at radius 3 is 2.61 bits per heavy atom. The van der Waals surface area contributed by atoms with Gasteiger partial charge in [-0.25, -0.2) is 4.98 Å². The molecule has 0 amide bonds. The van der Waals surface area contributed by atoms with Crippen LogP contribution in [0.15, 0.2) is 29.8 Å². The highest BCUT2D eigenvalue weighted by atomic mass is 32.1. The second-order valence-electron chi connectivity index (χ2n) is 4.32. The molecule has 1 heterocycles. The van der Waals surface area contributed by atoms with Crippen molar-refractivity contribution in [3.8, 4) is 5.75 Å². The molecule has 0 fully saturated rings. The summed E-state index contributed by atoms with van der Waals surface area (Å²) in [7, 11) is 0. The Hall–Kier alpha value is -1.39. The Labute approximate surface area is 112 Å². The normalized spacial score (nSPS) is 12.4. The molecule has 1 aromatic heterocycles. The molecule has 18 heavy (non-hydrogen) atoms. The highest BCUT2D eigenvalue weighted by Gasteiger charge is 2.02. The van der Waals surface area contributed by atoms with Gasteiger partial charge >= 0.3 is 0 Å². The van der Waals surface area contributed by atoms with E-state index in [4.69, 9.17) is 10.5 Å². The van der Waals surface area contributed by atoms with Crippen LogP contribution >= 0.6 is 11.3 Å². The largest absolute Gasteiger partial charge is 0.493 e. The molecule has 1 atom stereocenters. The molecule has 4 heteroatoms. The Morgan fingerprint density at radius 2 is 2.06 bits per heavy atom. The van der Waals surface area contributed by atoms with Gasteiger partial charge in [0.1, 0.15) is 5.75 Å². The zero-order valence-electron chi connectivity index (χ0n) is 10.7. The third-order valence-corrected chi connectivity index (χ3v) is 3.84. The van der Waals surface area contributed by atoms with Crippen LogP contribution in [-0.2, 0) is 6.42 Å². The number of hydrogen-bond donors (Lipinski definition) is 1. The van der Waals surface area contributed by atoms with Gasteiger partial charge in [-0.1, -0.05) is 12.1 Å². The third kappa shape index (κ3) is 3.31. The maximum absolute atomic E-state index is 5.80. The fourth-order valence-electron chi connectivity index (χ4n) is 1.70. The Morgan fingerprint density at radius 1 is 1.33 bits per heavy atom. The van der Waals surface area contributed by atoms with E-state index in [2.05, 4.69) is 4.98 Å². The average molecular weight is 262 g/mol. The lowest BCUT2D eigenvalue weighted by Gasteiger charge is -2.08. The van der Waals surface area contributed by atoms with E-state index >= 15 is 0 Å². The van der Waals surface area contributed by atoms with E-state index < -0.39 is 0 Å². The predicted molar refractivity (Wildman–Crippen MR) is 75.1 cm³/mol. The van der Waals surface area contributed by atoms with Gasteiger partial charge in [0.25, 0.3) is 0 Å². The van der Waals surface area contributed by atoms with Crippen molar-refractivity contribution in [3.05, 3.63) is 45.9 Å². The molecule has 1 unspecified atom stereocenters. The average Bonchev–Trinajstić information content (AvgIpc) is 2.76. The molecular formula is C14H18N2OS. The summed E-state index contributed by atoms with van der Waals surface area (Å²) in [5.41, 5.74) is 9.91. The minimum absolute atomic E-state index is 0.0684. The number of aryl methyl sites for hydroxylation is 1. The quantitative estimate of drug-likeness (QED) is 0.900. The molecule has 0 saturated carbocycles. The van der Waals surface area contributed by atoms with Crippen molar-refractivity contribution in [2.45, 2.75) is 26.3 Å². The van der Waals surface area contributed by atoms with Gasteiger partial charge in [0.05, 0.1) is 17.8 Å². The molecule has 96 valence electrons. The van der Waals surface area contributed by atoms with Crippen molar-refractivity contribution in [3.63, 3.8) is 0 Å². The van der Waals surface area contributed by atoms with Crippen molar-refractivity contribution in [1.29, 1.82) is 0 Å². The number of aromatic nitrogens is 1. The fraction of sp³-hybridized carbons (Fsp3) is 0.357. The van der Waals surface area contributed by atoms with Gasteiger partial charge in [-0.15, -0.1) is 11.3 Å². The van der Waals surface area contributed by atoms with E-state index in [1.165, 1.54) is 4.88 Å². The second kappa shape index (κ2) is 5.98. The molecule has 0 spiro atoms. The first-order chi connectivity index (χ1) is 8.66. The predicted octanol–water partition coefficient (Wildman–Crippen LogP) is 3.09. The summed E-state index contributed by atoms with van der Waals surface area (Å²) in [5, 5.41) is 0. The fourth-order valence-corrected chi connectivity index (χ4v) is 2.46. The van der Waals surface area contributed by atoms with E-state index in [-0.39, 0.29) is 6.04 Å². The Kier molecular flexibility index (Phi) is 4.33. The molecule has 2 aromatic rings. The highest BCUT2D eigenvalue weighted by Crippen LogP contribution is 2.17. The van der Waals surface area contributed by atoms with Gasteiger partial charge in [0, 0.05) is 17.3 Å². The van der Waals surface area contributed by atoms with Gasteiger partial charge in [0.15, 0.2) is 0 Å². The van der Waals surface area contributed by atoms with Crippen LogP contribution in [0, 0.1) is 6.92 Å². The molecule has 2 N–H and O–H groups in total. The van der Waals surface area contributed by atoms with E-state index in [0.717, 1.165) is 23.4 Å². The van der Waals surface area contributed by atoms with Crippen LogP contribution in [0.1, 0.15) is 29.1 Å². The van der Waals surface area contributed by atoms with Gasteiger partial charge < -0.3 is 10.5 Å². The summed E-state index contributed by atoms with van der Waals surface area (Å²) < 4.78 is 5.71. The van der Waals surface area contributed by atoms with E-state index in [0.29, 0.717) is 6.61 Å². The zero-order valence-corrected chi connectivity index (χ0v) is 11.5. The topological polar surface area (TPSA) is 48.1 Å². The summed E-state index contributed by atoms with van der Waals surface area (Å²) in [4.78, 5) is 5.52. The number of nitrogens with two attached hydrogens (primary N) is 1. The van der Waals surface area contributed by atoms with Crippen LogP contribution in [0.3, 0.4) is 0 Å². The first kappa shape index (κ1) is 13.1. The van der Waals surface area contributed by atoms with Crippen LogP contribution in [0.4, 0.5) is 0 Å². The summed E-state index contributed by atoms with van der Waals surface area (Å²) >= 11 is 1.68. The number of thiazole rings is 1. The van der Waals surface area contributed by atoms with E-state index in [9.17, 15) is 0 Å². The van der Waals surface area contributed by atoms with Gasteiger partial charge in [-0.3, -0.25) is 0 Å². The maximum atomic E-state index is 5.80. The highest BCUT2D eigenvalue weighted by molar-refractivity contribution is 7.09. The van der Waals surface area contributed by atoms with Crippen molar-refractivity contribution in [1.82, 2.24) is 4.98 Å². The van der Waals surface area contributed by atoms with Crippen LogP contribution in [0.2, 0.25) is 0 Å². The lowest BCUT2D eigenvalue weighted by molar-refractivity contribution is 0.322. The number of hydrogen-bond acceptors (Lipinski definition) is 4. The first-order valence-corrected chi connectivity index (χ1v) is 6.92. The number of ether oxygens (including phenoxy) is 1. The molecule has 0 radical (unpaired) electrons. The summed E-state index contributed by atoms with van der Waals surface area (Å²) in [6.07, 6.45) is 0.908. The molecule has 2 rings (SSSR count). The monoisotopic (exact) mass is 262 g/mol. The smallest absolute Gasteiger partial charge is 0.119 e. The third-order valence-electron chi connectivity index (χ3n) is 2.85. The Bertz CT molecular complexity index is 491. The summed E-state index contributed by atoms with van der Waals surface area (Å²) in [6, 6.07) is 8.03. The van der Waals surface area contributed by atoms with Crippen molar-refractivity contribution < 1.29 is 4.74 Å². The summed E-state index contributed by atoms with van der Waals surface area (Å²) in [5.74, 6) is 0.890. The lowest BCUT2D eigenvalue weighted by atomic mass is 10.1. The van der Waals surface area contributed by atoms with Crippen LogP contribution < -0.4 is 10.5 Å². The van der Waals surface area contributed by atoms with Crippen molar-refractivity contribution >= 4 is 11.3 Å². The van der Waals surface area contributed by atoms with Crippen molar-refractivity contribution in [2.24, 2.45) is 5.73 Å². The molecule has 0 aliphatic rings. The molecular weight excluding hydrogens is 244 g/mol. The second-order valence-corrected chi connectivity index (χ2v) is 5.26. The van der Waals surface area contributed by atoms with Gasteiger partial charge in [0.2, 0.25) is 0 Å². The SMILES string of the molecule is Cc1ncsc1CCOc1ccc(C(C)N)cc1. The Balaban J connectivity index is 1.85. The number of benzene rings is 1. The van der Waals surface area contributed by atoms with Crippen molar-refractivity contribution in [2.75, 3.05) is 6.61 Å². The standard InChI is InChI=1S/C14H18N2OS/c1-10(15)12-3-5-13(6-4-12)17-8-7-14-11(2)16-9-18-14/h3-6,9-10H,7-8,15H2,1-2H3. The number of rotatable bonds is 5. The molecule has 1 aromatic carbocycles. The van der Waals surface area contributed by atoms with Gasteiger partial charge in [-0.2, -0.15) is 0 Å². The molecule has 0 bridgehead atoms. The van der Waals surface area contributed by atoms with Crippen LogP contribution in [-0.4, -0.2) is 11.6 Å². The number of nitrogens with zero attached hydrogens (tertiary/aromatic N) is 1. The molecule has 0 aliphatic carbocycles. The molecule has 3 nitrogen and oxygen atoms in total. The maximum Gasteiger partial charge on any atom is 0.119 e. The summed E-state index contributed by atoms with van der Waals surface area (Å²) in [6.45, 7) is 4.69. The first-order valence-electron chi connectivity index (χ1n) is 6.04. The van der Waals surface area contributed by atoms with E-state index in [1.54, 1.807) is 11.3 Å². The zero-order chi connectivity index (χ0) is 13.0. The van der Waals surface area contributed by atoms with Gasteiger partial charge in [-0.05, 0) is 31.5 Å². The van der Waals surface area contributed by atoms with Crippen LogP contribution in [0.25, 0.3) is 0 Å².